The Morgan fingerprint density at radius 3 is 1.96 bits per heavy atom. The van der Waals surface area contributed by atoms with Crippen molar-refractivity contribution in [3.63, 3.8) is 0 Å². The third-order valence-electron chi connectivity index (χ3n) is 4.75. The average molecular weight is 388 g/mol. The van der Waals surface area contributed by atoms with E-state index in [-0.39, 0.29) is 18.5 Å². The fourth-order valence-electron chi connectivity index (χ4n) is 2.73. The molecule has 2 unspecified atom stereocenters. The molecule has 0 bridgehead atoms. The number of unbranched alkanes of at least 4 members (excludes halogenated alkanes) is 8. The number of amides is 1. The molecule has 0 aliphatic carbocycles. The molecule has 0 rings (SSSR count). The Morgan fingerprint density at radius 2 is 1.41 bits per heavy atom. The summed E-state index contributed by atoms with van der Waals surface area (Å²) in [4.78, 5) is 24.1. The second kappa shape index (κ2) is 18.1. The lowest BCUT2D eigenvalue weighted by Crippen LogP contribution is -2.46. The van der Waals surface area contributed by atoms with E-state index in [4.69, 9.17) is 14.2 Å². The van der Waals surface area contributed by atoms with Crippen molar-refractivity contribution in [2.75, 3.05) is 26.9 Å². The van der Waals surface area contributed by atoms with Crippen molar-refractivity contribution in [2.45, 2.75) is 91.0 Å². The van der Waals surface area contributed by atoms with Crippen molar-refractivity contribution < 1.29 is 23.8 Å². The van der Waals surface area contributed by atoms with Crippen molar-refractivity contribution >= 4 is 12.1 Å². The first-order valence-electron chi connectivity index (χ1n) is 10.7. The summed E-state index contributed by atoms with van der Waals surface area (Å²) in [6.07, 6.45) is 11.1. The molecule has 0 aromatic heterocycles. The van der Waals surface area contributed by atoms with Crippen LogP contribution in [0.3, 0.4) is 0 Å². The van der Waals surface area contributed by atoms with Crippen LogP contribution in [0.25, 0.3) is 0 Å². The summed E-state index contributed by atoms with van der Waals surface area (Å²) in [6.45, 7) is 7.01. The van der Waals surface area contributed by atoms with Crippen molar-refractivity contribution in [1.82, 2.24) is 5.32 Å². The molecule has 6 nitrogen and oxygen atoms in total. The highest BCUT2D eigenvalue weighted by Crippen LogP contribution is 2.12. The summed E-state index contributed by atoms with van der Waals surface area (Å²) in [7, 11) is 1.53. The van der Waals surface area contributed by atoms with Crippen LogP contribution in [0.15, 0.2) is 0 Å². The van der Waals surface area contributed by atoms with Crippen LogP contribution in [0.1, 0.15) is 85.0 Å². The van der Waals surface area contributed by atoms with Gasteiger partial charge in [-0.25, -0.2) is 9.59 Å². The number of hydrogen-bond donors (Lipinski definition) is 1. The maximum absolute atomic E-state index is 12.3. The Labute approximate surface area is 165 Å². The molecule has 0 saturated carbocycles. The topological polar surface area (TPSA) is 73.9 Å². The zero-order valence-electron chi connectivity index (χ0n) is 17.9. The maximum atomic E-state index is 12.3. The van der Waals surface area contributed by atoms with E-state index in [9.17, 15) is 9.59 Å². The van der Waals surface area contributed by atoms with Crippen LogP contribution >= 0.6 is 0 Å². The van der Waals surface area contributed by atoms with E-state index in [2.05, 4.69) is 12.2 Å². The van der Waals surface area contributed by atoms with Crippen molar-refractivity contribution in [3.8, 4) is 0 Å². The first-order valence-corrected chi connectivity index (χ1v) is 10.7. The van der Waals surface area contributed by atoms with Gasteiger partial charge in [0.1, 0.15) is 12.6 Å². The molecule has 1 amide bonds. The molecule has 0 spiro atoms. The zero-order chi connectivity index (χ0) is 20.3. The lowest BCUT2D eigenvalue weighted by Gasteiger charge is -2.22. The molecule has 0 aliphatic rings. The molecular weight excluding hydrogens is 346 g/mol. The summed E-state index contributed by atoms with van der Waals surface area (Å²) in [5.41, 5.74) is 0. The molecule has 1 N–H and O–H groups in total. The van der Waals surface area contributed by atoms with E-state index in [1.54, 1.807) is 0 Å². The van der Waals surface area contributed by atoms with Gasteiger partial charge in [-0.2, -0.15) is 0 Å². The Balaban J connectivity index is 3.97. The van der Waals surface area contributed by atoms with Gasteiger partial charge in [0.15, 0.2) is 0 Å². The fraction of sp³-hybridized carbons (Fsp3) is 0.905. The number of methoxy groups -OCH3 is 1. The number of rotatable bonds is 17. The first-order chi connectivity index (χ1) is 13.1. The number of hydrogen-bond acceptors (Lipinski definition) is 5. The monoisotopic (exact) mass is 387 g/mol. The highest BCUT2D eigenvalue weighted by Gasteiger charge is 2.27. The third-order valence-corrected chi connectivity index (χ3v) is 4.75. The predicted molar refractivity (Wildman–Crippen MR) is 108 cm³/mol. The van der Waals surface area contributed by atoms with Crippen LogP contribution in [0, 0.1) is 5.92 Å². The van der Waals surface area contributed by atoms with E-state index in [1.807, 2.05) is 13.8 Å². The van der Waals surface area contributed by atoms with Crippen LogP contribution in [-0.4, -0.2) is 45.0 Å². The van der Waals surface area contributed by atoms with E-state index in [0.717, 1.165) is 19.3 Å². The number of carbonyl (C=O) groups excluding carboxylic acids is 2. The molecule has 0 aliphatic heterocycles. The normalized spacial score (nSPS) is 13.0. The summed E-state index contributed by atoms with van der Waals surface area (Å²) < 4.78 is 15.2. The lowest BCUT2D eigenvalue weighted by atomic mass is 9.99. The van der Waals surface area contributed by atoms with Crippen LogP contribution in [0.2, 0.25) is 0 Å². The average Bonchev–Trinajstić information content (AvgIpc) is 2.67. The van der Waals surface area contributed by atoms with E-state index in [0.29, 0.717) is 13.2 Å². The molecule has 0 saturated heterocycles. The van der Waals surface area contributed by atoms with Crippen molar-refractivity contribution in [1.29, 1.82) is 0 Å². The highest BCUT2D eigenvalue weighted by molar-refractivity contribution is 5.81. The van der Waals surface area contributed by atoms with Crippen LogP contribution < -0.4 is 5.32 Å². The van der Waals surface area contributed by atoms with Gasteiger partial charge in [-0.1, -0.05) is 78.6 Å². The highest BCUT2D eigenvalue weighted by atomic mass is 16.6. The number of carbonyl (C=O) groups is 2. The van der Waals surface area contributed by atoms with Gasteiger partial charge < -0.3 is 19.5 Å². The third kappa shape index (κ3) is 14.4. The van der Waals surface area contributed by atoms with Gasteiger partial charge in [-0.15, -0.1) is 0 Å². The van der Waals surface area contributed by atoms with Gasteiger partial charge in [0.25, 0.3) is 0 Å². The Morgan fingerprint density at radius 1 is 0.815 bits per heavy atom. The summed E-state index contributed by atoms with van der Waals surface area (Å²) >= 11 is 0. The molecule has 0 aromatic rings. The van der Waals surface area contributed by atoms with Crippen molar-refractivity contribution in [3.05, 3.63) is 0 Å². The smallest absolute Gasteiger partial charge is 0.407 e. The van der Waals surface area contributed by atoms with Gasteiger partial charge in [0, 0.05) is 7.11 Å². The number of esters is 1. The van der Waals surface area contributed by atoms with E-state index < -0.39 is 12.1 Å². The first kappa shape index (κ1) is 25.7. The quantitative estimate of drug-likeness (QED) is 0.285. The minimum atomic E-state index is -0.677. The second-order valence-electron chi connectivity index (χ2n) is 7.13. The number of alkyl carbamates (subject to hydrolysis) is 1. The van der Waals surface area contributed by atoms with Gasteiger partial charge in [0.05, 0.1) is 13.2 Å². The molecule has 2 atom stereocenters. The molecule has 6 heteroatoms. The standard InChI is InChI=1S/C21H41NO5/c1-5-7-8-9-10-11-12-13-14-15-26-20(23)19(18(3)6-2)22-21(24)27-17-16-25-4/h18-19H,5-17H2,1-4H3,(H,22,24). The Hall–Kier alpha value is -1.30. The van der Waals surface area contributed by atoms with Crippen molar-refractivity contribution in [2.24, 2.45) is 5.92 Å². The molecule has 0 radical (unpaired) electrons. The molecule has 0 aromatic carbocycles. The van der Waals surface area contributed by atoms with Crippen LogP contribution in [0.4, 0.5) is 4.79 Å². The Bertz CT molecular complexity index is 376. The van der Waals surface area contributed by atoms with Crippen LogP contribution in [-0.2, 0) is 19.0 Å². The van der Waals surface area contributed by atoms with Crippen LogP contribution in [0.5, 0.6) is 0 Å². The number of nitrogens with one attached hydrogen (secondary N) is 1. The van der Waals surface area contributed by atoms with Gasteiger partial charge in [-0.05, 0) is 12.3 Å². The maximum Gasteiger partial charge on any atom is 0.407 e. The minimum absolute atomic E-state index is 0.0180. The summed E-state index contributed by atoms with van der Waals surface area (Å²) in [6, 6.07) is -0.677. The van der Waals surface area contributed by atoms with E-state index in [1.165, 1.54) is 52.1 Å². The lowest BCUT2D eigenvalue weighted by molar-refractivity contribution is -0.147. The minimum Gasteiger partial charge on any atom is -0.464 e. The molecule has 0 fully saturated rings. The SMILES string of the molecule is CCCCCCCCCCCOC(=O)C(NC(=O)OCCOC)C(C)CC. The predicted octanol–water partition coefficient (Wildman–Crippen LogP) is 4.85. The van der Waals surface area contributed by atoms with Gasteiger partial charge in [-0.3, -0.25) is 0 Å². The molecule has 27 heavy (non-hydrogen) atoms. The summed E-state index contributed by atoms with van der Waals surface area (Å²) in [5, 5.41) is 2.62. The fourth-order valence-corrected chi connectivity index (χ4v) is 2.73. The summed E-state index contributed by atoms with van der Waals surface area (Å²) in [5.74, 6) is -0.400. The van der Waals surface area contributed by atoms with E-state index >= 15 is 0 Å². The molecular formula is C21H41NO5. The Kier molecular flexibility index (Phi) is 17.2. The van der Waals surface area contributed by atoms with Gasteiger partial charge >= 0.3 is 12.1 Å². The molecule has 0 heterocycles. The largest absolute Gasteiger partial charge is 0.464 e. The number of ether oxygens (including phenoxy) is 3. The van der Waals surface area contributed by atoms with Gasteiger partial charge in [0.2, 0.25) is 0 Å². The second-order valence-corrected chi connectivity index (χ2v) is 7.13. The molecule has 160 valence electrons. The zero-order valence-corrected chi connectivity index (χ0v) is 17.9.